The Bertz CT molecular complexity index is 1190. The summed E-state index contributed by atoms with van der Waals surface area (Å²) in [5, 5.41) is 11.4. The zero-order valence-corrected chi connectivity index (χ0v) is 18.7. The molecule has 0 saturated carbocycles. The molecule has 2 heterocycles. The van der Waals surface area contributed by atoms with Crippen LogP contribution in [0.25, 0.3) is 34.3 Å². The van der Waals surface area contributed by atoms with Crippen LogP contribution in [0.2, 0.25) is 0 Å². The summed E-state index contributed by atoms with van der Waals surface area (Å²) < 4.78 is 27.7. The highest BCUT2D eigenvalue weighted by atomic mass is 32.3. The van der Waals surface area contributed by atoms with Gasteiger partial charge in [-0.1, -0.05) is 24.3 Å². The van der Waals surface area contributed by atoms with Crippen LogP contribution in [0, 0.1) is 0 Å². The van der Waals surface area contributed by atoms with Crippen molar-refractivity contribution in [1.29, 1.82) is 0 Å². The SMILES string of the molecule is CNCc1ccc(-c2nnc(-c3cncc(-c4ccc(S(O)(O)N(C)C)cc4)n3)o2)cc1. The molecule has 0 unspecified atom stereocenters. The third-order valence-corrected chi connectivity index (χ3v) is 6.76. The molecule has 9 nitrogen and oxygen atoms in total. The second-order valence-electron chi connectivity index (χ2n) is 7.28. The minimum absolute atomic E-state index is 0.270. The summed E-state index contributed by atoms with van der Waals surface area (Å²) in [7, 11) is 2.14. The van der Waals surface area contributed by atoms with E-state index < -0.39 is 10.8 Å². The molecule has 0 atom stereocenters. The van der Waals surface area contributed by atoms with Crippen molar-refractivity contribution in [2.45, 2.75) is 11.4 Å². The average Bonchev–Trinajstić information content (AvgIpc) is 3.30. The van der Waals surface area contributed by atoms with Gasteiger partial charge in [-0.3, -0.25) is 14.1 Å². The summed E-state index contributed by atoms with van der Waals surface area (Å²) in [5.74, 6) is 0.675. The molecule has 0 spiro atoms. The van der Waals surface area contributed by atoms with E-state index in [9.17, 15) is 9.11 Å². The van der Waals surface area contributed by atoms with E-state index in [1.165, 1.54) is 4.31 Å². The van der Waals surface area contributed by atoms with Crippen molar-refractivity contribution in [2.24, 2.45) is 0 Å². The number of nitrogens with zero attached hydrogens (tertiary/aromatic N) is 5. The number of hydrogen-bond acceptors (Lipinski definition) is 9. The lowest BCUT2D eigenvalue weighted by Gasteiger charge is -2.38. The Balaban J connectivity index is 1.57. The molecule has 2 aromatic heterocycles. The molecule has 2 aromatic carbocycles. The van der Waals surface area contributed by atoms with Crippen LogP contribution in [0.4, 0.5) is 0 Å². The van der Waals surface area contributed by atoms with Crippen LogP contribution in [-0.4, -0.2) is 54.7 Å². The number of rotatable bonds is 7. The van der Waals surface area contributed by atoms with Crippen LogP contribution >= 0.6 is 10.8 Å². The van der Waals surface area contributed by atoms with E-state index in [2.05, 4.69) is 25.5 Å². The molecule has 4 aromatic rings. The predicted octanol–water partition coefficient (Wildman–Crippen LogP) is 4.17. The van der Waals surface area contributed by atoms with Gasteiger partial charge < -0.3 is 9.73 Å². The van der Waals surface area contributed by atoms with E-state index >= 15 is 0 Å². The third-order valence-electron chi connectivity index (χ3n) is 4.84. The number of benzene rings is 2. The highest BCUT2D eigenvalue weighted by Crippen LogP contribution is 2.49. The third kappa shape index (κ3) is 4.54. The molecule has 0 bridgehead atoms. The van der Waals surface area contributed by atoms with E-state index in [0.717, 1.165) is 23.2 Å². The molecule has 0 aliphatic rings. The molecular weight excluding hydrogens is 428 g/mol. The lowest BCUT2D eigenvalue weighted by atomic mass is 10.1. The fourth-order valence-electron chi connectivity index (χ4n) is 3.04. The Hall–Kier alpha value is -3.15. The van der Waals surface area contributed by atoms with E-state index in [-0.39, 0.29) is 5.89 Å². The van der Waals surface area contributed by atoms with Gasteiger partial charge in [0.25, 0.3) is 5.89 Å². The molecule has 0 aliphatic heterocycles. The zero-order chi connectivity index (χ0) is 22.7. The minimum Gasteiger partial charge on any atom is -0.415 e. The van der Waals surface area contributed by atoms with Crippen LogP contribution < -0.4 is 5.32 Å². The van der Waals surface area contributed by atoms with Crippen LogP contribution in [0.5, 0.6) is 0 Å². The van der Waals surface area contributed by atoms with Gasteiger partial charge in [-0.15, -0.1) is 21.0 Å². The molecule has 0 amide bonds. The van der Waals surface area contributed by atoms with Crippen molar-refractivity contribution in [3.63, 3.8) is 0 Å². The van der Waals surface area contributed by atoms with Crippen LogP contribution in [0.1, 0.15) is 5.56 Å². The summed E-state index contributed by atoms with van der Waals surface area (Å²) in [5.41, 5.74) is 3.81. The van der Waals surface area contributed by atoms with Gasteiger partial charge in [0.1, 0.15) is 5.69 Å². The molecule has 10 heteroatoms. The zero-order valence-electron chi connectivity index (χ0n) is 17.9. The molecule has 0 fully saturated rings. The first-order chi connectivity index (χ1) is 15.4. The summed E-state index contributed by atoms with van der Waals surface area (Å²) in [4.78, 5) is 9.27. The summed E-state index contributed by atoms with van der Waals surface area (Å²) in [6.07, 6.45) is 3.19. The first-order valence-corrected chi connectivity index (χ1v) is 11.3. The van der Waals surface area contributed by atoms with Crippen molar-refractivity contribution in [1.82, 2.24) is 29.8 Å². The van der Waals surface area contributed by atoms with Gasteiger partial charge in [0, 0.05) is 31.8 Å². The Morgan fingerprint density at radius 2 is 1.50 bits per heavy atom. The summed E-state index contributed by atoms with van der Waals surface area (Å²) in [6, 6.07) is 14.8. The molecule has 0 saturated heterocycles. The minimum atomic E-state index is -3.00. The fourth-order valence-corrected chi connectivity index (χ4v) is 3.96. The Morgan fingerprint density at radius 3 is 2.16 bits per heavy atom. The first-order valence-electron chi connectivity index (χ1n) is 9.84. The summed E-state index contributed by atoms with van der Waals surface area (Å²) in [6.45, 7) is 0.784. The molecule has 3 N–H and O–H groups in total. The predicted molar refractivity (Wildman–Crippen MR) is 124 cm³/mol. The van der Waals surface area contributed by atoms with E-state index in [0.29, 0.717) is 22.2 Å². The summed E-state index contributed by atoms with van der Waals surface area (Å²) >= 11 is 0. The Morgan fingerprint density at radius 1 is 0.875 bits per heavy atom. The van der Waals surface area contributed by atoms with Crippen molar-refractivity contribution < 1.29 is 13.5 Å². The van der Waals surface area contributed by atoms with Gasteiger partial charge in [-0.05, 0) is 36.9 Å². The van der Waals surface area contributed by atoms with Crippen LogP contribution in [-0.2, 0) is 6.54 Å². The van der Waals surface area contributed by atoms with Gasteiger partial charge in [-0.2, -0.15) is 0 Å². The number of hydrogen-bond donors (Lipinski definition) is 3. The van der Waals surface area contributed by atoms with Crippen molar-refractivity contribution in [2.75, 3.05) is 21.1 Å². The van der Waals surface area contributed by atoms with Gasteiger partial charge in [0.2, 0.25) is 5.89 Å². The Kier molecular flexibility index (Phi) is 6.31. The highest BCUT2D eigenvalue weighted by molar-refractivity contribution is 8.22. The topological polar surface area (TPSA) is 120 Å². The second-order valence-corrected chi connectivity index (χ2v) is 9.52. The van der Waals surface area contributed by atoms with Crippen molar-refractivity contribution in [3.05, 3.63) is 66.5 Å². The quantitative estimate of drug-likeness (QED) is 0.379. The molecule has 166 valence electrons. The normalized spacial score (nSPS) is 12.3. The van der Waals surface area contributed by atoms with Gasteiger partial charge >= 0.3 is 0 Å². The fraction of sp³-hybridized carbons (Fsp3) is 0.182. The molecule has 0 aliphatic carbocycles. The van der Waals surface area contributed by atoms with Crippen molar-refractivity contribution in [3.8, 4) is 34.3 Å². The number of nitrogens with one attached hydrogen (secondary N) is 1. The molecule has 0 radical (unpaired) electrons. The lowest BCUT2D eigenvalue weighted by Crippen LogP contribution is -2.18. The largest absolute Gasteiger partial charge is 0.415 e. The van der Waals surface area contributed by atoms with Gasteiger partial charge in [-0.25, -0.2) is 9.29 Å². The average molecular weight is 453 g/mol. The highest BCUT2D eigenvalue weighted by Gasteiger charge is 2.18. The van der Waals surface area contributed by atoms with E-state index in [1.807, 2.05) is 31.3 Å². The maximum atomic E-state index is 10.3. The monoisotopic (exact) mass is 452 g/mol. The molecule has 4 rings (SSSR count). The first kappa shape index (κ1) is 22.1. The molecule has 32 heavy (non-hydrogen) atoms. The number of aromatic nitrogens is 4. The van der Waals surface area contributed by atoms with E-state index in [4.69, 9.17) is 4.42 Å². The van der Waals surface area contributed by atoms with Crippen molar-refractivity contribution >= 4 is 10.8 Å². The maximum Gasteiger partial charge on any atom is 0.268 e. The lowest BCUT2D eigenvalue weighted by molar-refractivity contribution is 0.414. The maximum absolute atomic E-state index is 10.3. The second kappa shape index (κ2) is 9.15. The van der Waals surface area contributed by atoms with Gasteiger partial charge in [0.05, 0.1) is 23.0 Å². The van der Waals surface area contributed by atoms with Crippen LogP contribution in [0.3, 0.4) is 0 Å². The van der Waals surface area contributed by atoms with Gasteiger partial charge in [0.15, 0.2) is 0 Å². The van der Waals surface area contributed by atoms with E-state index in [1.54, 1.807) is 50.8 Å². The Labute approximate surface area is 187 Å². The standard InChI is InChI=1S/C22H24N6O3S/c1-23-12-15-4-6-17(7-5-15)21-26-27-22(31-21)20-14-24-13-19(25-20)16-8-10-18(11-9-16)32(29,30)28(2)3/h4-11,13-14,23,29-30H,12H2,1-3H3. The van der Waals surface area contributed by atoms with Crippen LogP contribution in [0.15, 0.2) is 70.2 Å². The molecular formula is C22H24N6O3S. The smallest absolute Gasteiger partial charge is 0.268 e.